The van der Waals surface area contributed by atoms with Gasteiger partial charge in [0.1, 0.15) is 13.2 Å². The molecule has 0 saturated carbocycles. The molecule has 224 valence electrons. The topological polar surface area (TPSA) is 85.8 Å². The van der Waals surface area contributed by atoms with Gasteiger partial charge in [-0.25, -0.2) is 20.1 Å². The molecule has 0 bridgehead atoms. The van der Waals surface area contributed by atoms with Crippen molar-refractivity contribution < 1.29 is 9.68 Å². The molecule has 2 heterocycles. The average Bonchev–Trinajstić information content (AvgIpc) is 3.67. The zero-order valence-corrected chi connectivity index (χ0v) is 28.2. The fourth-order valence-electron chi connectivity index (χ4n) is 4.47. The van der Waals surface area contributed by atoms with E-state index < -0.39 is 0 Å². The highest BCUT2D eigenvalue weighted by molar-refractivity contribution is 14.0. The van der Waals surface area contributed by atoms with Crippen molar-refractivity contribution in [3.63, 3.8) is 0 Å². The fraction of sp³-hybridized carbons (Fsp3) is 0.188. The monoisotopic (exact) mass is 803 g/mol. The van der Waals surface area contributed by atoms with E-state index in [4.69, 9.17) is 9.68 Å². The summed E-state index contributed by atoms with van der Waals surface area (Å²) < 4.78 is 0. The van der Waals surface area contributed by atoms with Gasteiger partial charge in [-0.2, -0.15) is 0 Å². The second kappa shape index (κ2) is 16.4. The third-order valence-corrected chi connectivity index (χ3v) is 6.63. The SMILES string of the molecule is I.I.c1ccc(CON2CCN=C2Nc2ccc(Nc3ccc(NC4=NCCN4OCc4ccccc4)cc3)cc2)cc1. The Labute approximate surface area is 286 Å². The van der Waals surface area contributed by atoms with Crippen molar-refractivity contribution in [1.82, 2.24) is 10.1 Å². The van der Waals surface area contributed by atoms with Crippen LogP contribution in [0.4, 0.5) is 22.7 Å². The van der Waals surface area contributed by atoms with E-state index >= 15 is 0 Å². The van der Waals surface area contributed by atoms with E-state index in [1.807, 2.05) is 95.1 Å². The van der Waals surface area contributed by atoms with E-state index in [2.05, 4.69) is 50.2 Å². The van der Waals surface area contributed by atoms with Crippen LogP contribution >= 0.6 is 48.0 Å². The summed E-state index contributed by atoms with van der Waals surface area (Å²) >= 11 is 0. The molecule has 0 atom stereocenters. The Morgan fingerprint density at radius 1 is 0.488 bits per heavy atom. The first-order valence-corrected chi connectivity index (χ1v) is 13.8. The summed E-state index contributed by atoms with van der Waals surface area (Å²) in [5.74, 6) is 1.45. The number of hydroxylamine groups is 4. The first kappa shape index (κ1) is 32.5. The van der Waals surface area contributed by atoms with Crippen LogP contribution in [0, 0.1) is 0 Å². The summed E-state index contributed by atoms with van der Waals surface area (Å²) in [6.45, 7) is 3.87. The van der Waals surface area contributed by atoms with E-state index in [9.17, 15) is 0 Å². The molecule has 43 heavy (non-hydrogen) atoms. The highest BCUT2D eigenvalue weighted by Gasteiger charge is 2.19. The molecular weight excluding hydrogens is 768 g/mol. The summed E-state index contributed by atoms with van der Waals surface area (Å²) in [6.07, 6.45) is 0. The van der Waals surface area contributed by atoms with Crippen LogP contribution in [0.25, 0.3) is 0 Å². The molecule has 6 rings (SSSR count). The summed E-state index contributed by atoms with van der Waals surface area (Å²) in [5.41, 5.74) is 6.12. The van der Waals surface area contributed by atoms with Gasteiger partial charge in [0.25, 0.3) is 0 Å². The minimum Gasteiger partial charge on any atom is -0.356 e. The smallest absolute Gasteiger partial charge is 0.223 e. The van der Waals surface area contributed by atoms with Crippen LogP contribution in [0.1, 0.15) is 11.1 Å². The Bertz CT molecular complexity index is 1360. The van der Waals surface area contributed by atoms with Crippen LogP contribution in [-0.4, -0.2) is 48.2 Å². The van der Waals surface area contributed by atoms with Gasteiger partial charge in [0.15, 0.2) is 0 Å². The van der Waals surface area contributed by atoms with Crippen molar-refractivity contribution in [1.29, 1.82) is 0 Å². The zero-order valence-electron chi connectivity index (χ0n) is 23.6. The van der Waals surface area contributed by atoms with Crippen molar-refractivity contribution in [2.75, 3.05) is 42.1 Å². The molecule has 0 fully saturated rings. The van der Waals surface area contributed by atoms with Crippen LogP contribution in [0.3, 0.4) is 0 Å². The highest BCUT2D eigenvalue weighted by Crippen LogP contribution is 2.22. The second-order valence-electron chi connectivity index (χ2n) is 9.66. The third kappa shape index (κ3) is 9.29. The number of guanidine groups is 2. The molecule has 2 aliphatic rings. The zero-order chi connectivity index (χ0) is 27.7. The lowest BCUT2D eigenvalue weighted by Crippen LogP contribution is -2.33. The summed E-state index contributed by atoms with van der Waals surface area (Å²) in [5, 5.41) is 13.8. The number of nitrogens with one attached hydrogen (secondary N) is 3. The number of halogens is 2. The molecule has 2 aliphatic heterocycles. The Kier molecular flexibility index (Phi) is 12.4. The predicted octanol–water partition coefficient (Wildman–Crippen LogP) is 7.10. The second-order valence-corrected chi connectivity index (χ2v) is 9.66. The van der Waals surface area contributed by atoms with Gasteiger partial charge in [-0.05, 0) is 59.7 Å². The van der Waals surface area contributed by atoms with Crippen LogP contribution in [-0.2, 0) is 22.9 Å². The molecule has 0 spiro atoms. The lowest BCUT2D eigenvalue weighted by atomic mass is 10.2. The maximum absolute atomic E-state index is 5.97. The largest absolute Gasteiger partial charge is 0.356 e. The number of benzene rings is 4. The lowest BCUT2D eigenvalue weighted by molar-refractivity contribution is -0.103. The summed E-state index contributed by atoms with van der Waals surface area (Å²) in [4.78, 5) is 21.0. The van der Waals surface area contributed by atoms with Gasteiger partial charge in [-0.15, -0.1) is 48.0 Å². The Morgan fingerprint density at radius 3 is 1.21 bits per heavy atom. The molecule has 9 nitrogen and oxygen atoms in total. The van der Waals surface area contributed by atoms with E-state index in [0.29, 0.717) is 26.3 Å². The standard InChI is InChI=1S/C32H33N7O2.2HI/c1-3-7-25(8-4-1)23-40-38-21-19-33-31(38)36-29-15-11-27(12-16-29)35-28-13-17-30(18-14-28)37-32-34-20-22-39(32)41-24-26-9-5-2-6-10-26;;/h1-18,35H,19-24H2,(H,33,36)(H,34,37);2*1H. The number of hydrogen-bond donors (Lipinski definition) is 3. The molecular formula is C32H35I2N7O2. The minimum atomic E-state index is 0. The van der Waals surface area contributed by atoms with E-state index in [1.54, 1.807) is 0 Å². The Morgan fingerprint density at radius 2 is 0.837 bits per heavy atom. The highest BCUT2D eigenvalue weighted by atomic mass is 127. The third-order valence-electron chi connectivity index (χ3n) is 6.63. The van der Waals surface area contributed by atoms with Gasteiger partial charge in [0.2, 0.25) is 11.9 Å². The summed E-state index contributed by atoms with van der Waals surface area (Å²) in [6, 6.07) is 36.5. The van der Waals surface area contributed by atoms with Gasteiger partial charge in [0, 0.05) is 22.7 Å². The first-order valence-electron chi connectivity index (χ1n) is 13.8. The molecule has 11 heteroatoms. The van der Waals surface area contributed by atoms with Crippen LogP contribution in [0.2, 0.25) is 0 Å². The number of nitrogens with zero attached hydrogens (tertiary/aromatic N) is 4. The van der Waals surface area contributed by atoms with Gasteiger partial charge >= 0.3 is 0 Å². The molecule has 0 amide bonds. The molecule has 0 radical (unpaired) electrons. The van der Waals surface area contributed by atoms with Crippen LogP contribution in [0.5, 0.6) is 0 Å². The van der Waals surface area contributed by atoms with Crippen LogP contribution < -0.4 is 16.0 Å². The average molecular weight is 803 g/mol. The number of rotatable bonds is 10. The number of anilines is 4. The van der Waals surface area contributed by atoms with E-state index in [-0.39, 0.29) is 48.0 Å². The molecule has 0 aliphatic carbocycles. The normalized spacial score (nSPS) is 13.9. The molecule has 4 aromatic rings. The van der Waals surface area contributed by atoms with Gasteiger partial charge in [-0.1, -0.05) is 60.7 Å². The Hall–Kier alpha value is -3.40. The molecule has 0 aromatic heterocycles. The molecule has 3 N–H and O–H groups in total. The Balaban J connectivity index is 0.00000212. The van der Waals surface area contributed by atoms with Crippen molar-refractivity contribution >= 4 is 82.6 Å². The maximum Gasteiger partial charge on any atom is 0.223 e. The minimum absolute atomic E-state index is 0. The molecule has 0 unspecified atom stereocenters. The van der Waals surface area contributed by atoms with Crippen LogP contribution in [0.15, 0.2) is 119 Å². The first-order chi connectivity index (χ1) is 20.3. The number of aliphatic imine (C=N–C) groups is 2. The molecule has 0 saturated heterocycles. The van der Waals surface area contributed by atoms with E-state index in [0.717, 1.165) is 58.9 Å². The molecule has 4 aromatic carbocycles. The lowest BCUT2D eigenvalue weighted by Gasteiger charge is -2.21. The van der Waals surface area contributed by atoms with Crippen molar-refractivity contribution in [3.05, 3.63) is 120 Å². The fourth-order valence-corrected chi connectivity index (χ4v) is 4.47. The van der Waals surface area contributed by atoms with Crippen molar-refractivity contribution in [2.24, 2.45) is 9.98 Å². The summed E-state index contributed by atoms with van der Waals surface area (Å²) in [7, 11) is 0. The van der Waals surface area contributed by atoms with Crippen molar-refractivity contribution in [3.8, 4) is 0 Å². The van der Waals surface area contributed by atoms with E-state index in [1.165, 1.54) is 0 Å². The van der Waals surface area contributed by atoms with Gasteiger partial charge in [0.05, 0.1) is 26.2 Å². The van der Waals surface area contributed by atoms with Gasteiger partial charge < -0.3 is 16.0 Å². The van der Waals surface area contributed by atoms with Gasteiger partial charge in [-0.3, -0.25) is 9.68 Å². The predicted molar refractivity (Wildman–Crippen MR) is 195 cm³/mol. The maximum atomic E-state index is 5.97. The quantitative estimate of drug-likeness (QED) is 0.148. The number of hydrogen-bond acceptors (Lipinski definition) is 9. The van der Waals surface area contributed by atoms with Crippen molar-refractivity contribution in [2.45, 2.75) is 13.2 Å².